The van der Waals surface area contributed by atoms with E-state index in [1.807, 2.05) is 224 Å². The molecule has 436 valence electrons. The summed E-state index contributed by atoms with van der Waals surface area (Å²) in [6.07, 6.45) is 3.53. The quantitative estimate of drug-likeness (QED) is 0.0955. The van der Waals surface area contributed by atoms with Gasteiger partial charge in [-0.2, -0.15) is 0 Å². The SMILES string of the molecule is C=Cc1ccc(Oc2ccc(C3(c4c(F)cccc4F)c4ccccc4-c4ccc(N(c5cccc(-c6ccccc6-c6ccccc6)c5)c5ccc6c(c5)C(c5ccc(Oc7ccc(C=C)cc7)cc5)(c5c(F)cccc5F)c5ccccc5-6)cc43)cc2)cc1. The minimum Gasteiger partial charge on any atom is -0.457 e. The van der Waals surface area contributed by atoms with Gasteiger partial charge in [0.05, 0.1) is 10.8 Å². The zero-order valence-electron chi connectivity index (χ0n) is 49.1. The van der Waals surface area contributed by atoms with Gasteiger partial charge in [0.15, 0.2) is 0 Å². The lowest BCUT2D eigenvalue weighted by Crippen LogP contribution is -2.31. The molecule has 0 saturated heterocycles. The lowest BCUT2D eigenvalue weighted by atomic mass is 9.67. The Labute approximate surface area is 526 Å². The largest absolute Gasteiger partial charge is 0.457 e. The molecule has 0 bridgehead atoms. The van der Waals surface area contributed by atoms with Crippen LogP contribution in [0.5, 0.6) is 23.0 Å². The highest BCUT2D eigenvalue weighted by atomic mass is 19.1. The molecule has 0 spiro atoms. The van der Waals surface area contributed by atoms with Crippen molar-refractivity contribution in [1.29, 1.82) is 0 Å². The summed E-state index contributed by atoms with van der Waals surface area (Å²) in [5.74, 6) is -0.565. The van der Waals surface area contributed by atoms with E-state index < -0.39 is 34.1 Å². The van der Waals surface area contributed by atoms with Gasteiger partial charge in [-0.25, -0.2) is 17.6 Å². The Morgan fingerprint density at radius 1 is 0.286 bits per heavy atom. The van der Waals surface area contributed by atoms with E-state index in [0.29, 0.717) is 67.8 Å². The van der Waals surface area contributed by atoms with E-state index in [4.69, 9.17) is 9.47 Å². The Morgan fingerprint density at radius 3 is 1.05 bits per heavy atom. The number of anilines is 3. The number of halogens is 4. The van der Waals surface area contributed by atoms with Crippen LogP contribution in [0.1, 0.15) is 55.6 Å². The van der Waals surface area contributed by atoms with Gasteiger partial charge < -0.3 is 14.4 Å². The van der Waals surface area contributed by atoms with Crippen LogP contribution in [0, 0.1) is 23.3 Å². The summed E-state index contributed by atoms with van der Waals surface area (Å²) in [5.41, 5.74) is 11.6. The number of nitrogens with zero attached hydrogens (tertiary/aromatic N) is 1. The summed E-state index contributed by atoms with van der Waals surface area (Å²) in [6, 6.07) is 92.8. The molecule has 0 amide bonds. The van der Waals surface area contributed by atoms with Crippen molar-refractivity contribution in [3.05, 3.63) is 389 Å². The average molecular weight is 1190 g/mol. The fraction of sp³-hybridized carbons (Fsp3) is 0.0238. The molecule has 0 fully saturated rings. The van der Waals surface area contributed by atoms with Crippen LogP contribution in [0.4, 0.5) is 34.6 Å². The predicted octanol–water partition coefficient (Wildman–Crippen LogP) is 22.6. The fourth-order valence-corrected chi connectivity index (χ4v) is 14.0. The van der Waals surface area contributed by atoms with Crippen LogP contribution in [-0.4, -0.2) is 0 Å². The third kappa shape index (κ3) is 9.35. The maximum absolute atomic E-state index is 17.4. The molecule has 2 unspecified atom stereocenters. The molecule has 0 aliphatic heterocycles. The van der Waals surface area contributed by atoms with Crippen molar-refractivity contribution >= 4 is 29.2 Å². The van der Waals surface area contributed by atoms with Crippen molar-refractivity contribution in [1.82, 2.24) is 0 Å². The number of hydrogen-bond acceptors (Lipinski definition) is 3. The molecule has 0 aromatic heterocycles. The third-order valence-electron chi connectivity index (χ3n) is 18.0. The van der Waals surface area contributed by atoms with E-state index in [2.05, 4.69) is 54.5 Å². The molecule has 2 aliphatic rings. The van der Waals surface area contributed by atoms with Crippen LogP contribution >= 0.6 is 0 Å². The minimum absolute atomic E-state index is 0.132. The molecule has 2 atom stereocenters. The Hall–Kier alpha value is -11.5. The van der Waals surface area contributed by atoms with Crippen LogP contribution in [0.15, 0.2) is 310 Å². The Balaban J connectivity index is 0.972. The molecule has 3 nitrogen and oxygen atoms in total. The number of fused-ring (bicyclic) bond motifs is 6. The van der Waals surface area contributed by atoms with Gasteiger partial charge in [0.2, 0.25) is 0 Å². The van der Waals surface area contributed by atoms with Crippen molar-refractivity contribution in [3.8, 4) is 67.5 Å². The number of rotatable bonds is 15. The smallest absolute Gasteiger partial charge is 0.130 e. The Bertz CT molecular complexity index is 4670. The molecule has 91 heavy (non-hydrogen) atoms. The fourth-order valence-electron chi connectivity index (χ4n) is 14.0. The van der Waals surface area contributed by atoms with Gasteiger partial charge in [0.1, 0.15) is 46.3 Å². The van der Waals surface area contributed by atoms with E-state index in [9.17, 15) is 0 Å². The summed E-state index contributed by atoms with van der Waals surface area (Å²) in [6.45, 7) is 7.76. The lowest BCUT2D eigenvalue weighted by Gasteiger charge is -2.36. The Morgan fingerprint density at radius 2 is 0.626 bits per heavy atom. The van der Waals surface area contributed by atoms with Crippen LogP contribution in [0.25, 0.3) is 56.7 Å². The van der Waals surface area contributed by atoms with Gasteiger partial charge in [0.25, 0.3) is 0 Å². The number of benzene rings is 13. The van der Waals surface area contributed by atoms with E-state index in [1.165, 1.54) is 36.4 Å². The maximum atomic E-state index is 17.4. The highest BCUT2D eigenvalue weighted by Gasteiger charge is 2.51. The monoisotopic (exact) mass is 1190 g/mol. The van der Waals surface area contributed by atoms with Gasteiger partial charge in [-0.3, -0.25) is 0 Å². The van der Waals surface area contributed by atoms with Crippen molar-refractivity contribution < 1.29 is 27.0 Å². The zero-order valence-corrected chi connectivity index (χ0v) is 49.1. The third-order valence-corrected chi connectivity index (χ3v) is 18.0. The first-order valence-electron chi connectivity index (χ1n) is 30.1. The summed E-state index contributed by atoms with van der Waals surface area (Å²) in [4.78, 5) is 2.13. The van der Waals surface area contributed by atoms with Crippen molar-refractivity contribution in [2.75, 3.05) is 4.90 Å². The topological polar surface area (TPSA) is 21.7 Å². The van der Waals surface area contributed by atoms with E-state index in [1.54, 1.807) is 12.2 Å². The highest BCUT2D eigenvalue weighted by molar-refractivity contribution is 5.94. The van der Waals surface area contributed by atoms with E-state index in [0.717, 1.165) is 61.3 Å². The summed E-state index contributed by atoms with van der Waals surface area (Å²) < 4.78 is 82.5. The maximum Gasteiger partial charge on any atom is 0.130 e. The first kappa shape index (κ1) is 56.0. The van der Waals surface area contributed by atoms with E-state index >= 15 is 17.6 Å². The van der Waals surface area contributed by atoms with Crippen LogP contribution in [0.2, 0.25) is 0 Å². The molecule has 0 heterocycles. The van der Waals surface area contributed by atoms with Crippen molar-refractivity contribution in [3.63, 3.8) is 0 Å². The molecule has 13 aromatic carbocycles. The molecule has 0 saturated carbocycles. The van der Waals surface area contributed by atoms with Crippen LogP contribution in [0.3, 0.4) is 0 Å². The minimum atomic E-state index is -1.56. The molecular formula is C84H55F4NO2. The summed E-state index contributed by atoms with van der Waals surface area (Å²) in [5, 5.41) is 0. The molecule has 15 rings (SSSR count). The molecule has 13 aromatic rings. The first-order chi connectivity index (χ1) is 44.6. The lowest BCUT2D eigenvalue weighted by molar-refractivity contribution is 0.481. The molecule has 0 N–H and O–H groups in total. The van der Waals surface area contributed by atoms with Gasteiger partial charge in [0, 0.05) is 28.2 Å². The molecular weight excluding hydrogens is 1130 g/mol. The second-order valence-corrected chi connectivity index (χ2v) is 22.8. The van der Waals surface area contributed by atoms with Crippen LogP contribution < -0.4 is 14.4 Å². The summed E-state index contributed by atoms with van der Waals surface area (Å²) in [7, 11) is 0. The van der Waals surface area contributed by atoms with Crippen molar-refractivity contribution in [2.24, 2.45) is 0 Å². The average Bonchev–Trinajstić information content (AvgIpc) is 1.58. The molecule has 2 aliphatic carbocycles. The predicted molar refractivity (Wildman–Crippen MR) is 360 cm³/mol. The van der Waals surface area contributed by atoms with Gasteiger partial charge >= 0.3 is 0 Å². The summed E-state index contributed by atoms with van der Waals surface area (Å²) >= 11 is 0. The zero-order chi connectivity index (χ0) is 61.8. The highest BCUT2D eigenvalue weighted by Crippen LogP contribution is 2.61. The first-order valence-corrected chi connectivity index (χ1v) is 30.1. The normalized spacial score (nSPS) is 15.0. The molecule has 7 heteroatoms. The van der Waals surface area contributed by atoms with Gasteiger partial charge in [-0.05, 0) is 198 Å². The Kier molecular flexibility index (Phi) is 14.1. The van der Waals surface area contributed by atoms with Crippen molar-refractivity contribution in [2.45, 2.75) is 10.8 Å². The standard InChI is InChI=1S/C84H55F4NO2/c1-3-54-31-41-63(42-32-54)90-65-45-35-58(36-46-65)83(81-77(85)27-15-28-78(81)86)73-25-12-10-23-69(73)71-49-39-61(52-75(71)83)89(60-20-14-19-57(51-60)68-22-9-8-21-67(68)56-17-6-5-7-18-56)62-40-50-72-70-24-11-13-26-74(70)84(76(72)53-62,82-79(87)29-16-30-80(82)88)59-37-47-66(48-38-59)91-64-43-33-55(4-2)34-44-64/h3-53H,1-2H2. The number of ether oxygens (including phenoxy) is 2. The van der Waals surface area contributed by atoms with Gasteiger partial charge in [-0.15, -0.1) is 0 Å². The molecule has 0 radical (unpaired) electrons. The van der Waals surface area contributed by atoms with Gasteiger partial charge in [-0.1, -0.05) is 213 Å². The van der Waals surface area contributed by atoms with E-state index in [-0.39, 0.29) is 11.1 Å². The second kappa shape index (κ2) is 22.9. The van der Waals surface area contributed by atoms with Crippen LogP contribution in [-0.2, 0) is 10.8 Å². The second-order valence-electron chi connectivity index (χ2n) is 22.8. The number of hydrogen-bond donors (Lipinski definition) is 0.